The lowest BCUT2D eigenvalue weighted by Crippen LogP contribution is -2.55. The number of carbonyl (C=O) groups is 4. The Morgan fingerprint density at radius 2 is 1.80 bits per heavy atom. The second-order valence-corrected chi connectivity index (χ2v) is 9.04. The number of unbranched alkanes of at least 4 members (excludes halogenated alkanes) is 1. The molecule has 1 heterocycles. The van der Waals surface area contributed by atoms with Gasteiger partial charge in [-0.3, -0.25) is 19.2 Å². The molecule has 2 aromatic rings. The van der Waals surface area contributed by atoms with Gasteiger partial charge in [0, 0.05) is 6.54 Å². The molecule has 1 fully saturated rings. The van der Waals surface area contributed by atoms with Crippen LogP contribution in [0.3, 0.4) is 0 Å². The van der Waals surface area contributed by atoms with Crippen molar-refractivity contribution in [2.45, 2.75) is 63.6 Å². The molecule has 2 aromatic carbocycles. The Morgan fingerprint density at radius 3 is 2.54 bits per heavy atom. The maximum absolute atomic E-state index is 13.2. The molecule has 0 saturated carbocycles. The van der Waals surface area contributed by atoms with E-state index in [1.54, 1.807) is 4.90 Å². The van der Waals surface area contributed by atoms with Crippen molar-refractivity contribution < 1.29 is 19.2 Å². The SMILES string of the molecule is CC(NC(=O)C(CCCCN)NC(=O)[C@@H]1CCCN1C(=O)Cc1cccc2ccccc12)C(N)=O. The fourth-order valence-electron chi connectivity index (χ4n) is 4.46. The summed E-state index contributed by atoms with van der Waals surface area (Å²) in [4.78, 5) is 52.1. The van der Waals surface area contributed by atoms with Crippen LogP contribution in [0.5, 0.6) is 0 Å². The van der Waals surface area contributed by atoms with Crippen LogP contribution in [0.4, 0.5) is 0 Å². The van der Waals surface area contributed by atoms with Crippen LogP contribution in [0.1, 0.15) is 44.6 Å². The second kappa shape index (κ2) is 12.3. The van der Waals surface area contributed by atoms with Crippen LogP contribution in [-0.4, -0.2) is 59.7 Å². The lowest BCUT2D eigenvalue weighted by molar-refractivity contribution is -0.139. The minimum atomic E-state index is -0.860. The molecule has 188 valence electrons. The molecule has 1 saturated heterocycles. The first-order valence-corrected chi connectivity index (χ1v) is 12.2. The highest BCUT2D eigenvalue weighted by Crippen LogP contribution is 2.23. The van der Waals surface area contributed by atoms with Gasteiger partial charge in [0.1, 0.15) is 18.1 Å². The van der Waals surface area contributed by atoms with Gasteiger partial charge in [0.15, 0.2) is 0 Å². The van der Waals surface area contributed by atoms with Gasteiger partial charge in [0.2, 0.25) is 23.6 Å². The summed E-state index contributed by atoms with van der Waals surface area (Å²) in [6.07, 6.45) is 3.14. The summed E-state index contributed by atoms with van der Waals surface area (Å²) in [6, 6.07) is 11.4. The molecule has 0 aliphatic carbocycles. The normalized spacial score (nSPS) is 17.1. The van der Waals surface area contributed by atoms with E-state index in [1.165, 1.54) is 6.92 Å². The molecule has 6 N–H and O–H groups in total. The Hall–Kier alpha value is -3.46. The van der Waals surface area contributed by atoms with Gasteiger partial charge in [-0.25, -0.2) is 0 Å². The van der Waals surface area contributed by atoms with Gasteiger partial charge in [-0.2, -0.15) is 0 Å². The molecule has 0 radical (unpaired) electrons. The van der Waals surface area contributed by atoms with E-state index in [9.17, 15) is 19.2 Å². The lowest BCUT2D eigenvalue weighted by atomic mass is 10.0. The Morgan fingerprint density at radius 1 is 1.06 bits per heavy atom. The summed E-state index contributed by atoms with van der Waals surface area (Å²) < 4.78 is 0. The summed E-state index contributed by atoms with van der Waals surface area (Å²) in [5.41, 5.74) is 11.7. The number of carbonyl (C=O) groups excluding carboxylic acids is 4. The van der Waals surface area contributed by atoms with Crippen LogP contribution in [0.15, 0.2) is 42.5 Å². The maximum Gasteiger partial charge on any atom is 0.243 e. The molecule has 35 heavy (non-hydrogen) atoms. The van der Waals surface area contributed by atoms with Crippen molar-refractivity contribution in [1.29, 1.82) is 0 Å². The van der Waals surface area contributed by atoms with Crippen LogP contribution >= 0.6 is 0 Å². The molecule has 3 atom stereocenters. The van der Waals surface area contributed by atoms with Gasteiger partial charge in [-0.15, -0.1) is 0 Å². The monoisotopic (exact) mass is 481 g/mol. The zero-order valence-electron chi connectivity index (χ0n) is 20.2. The minimum absolute atomic E-state index is 0.120. The smallest absolute Gasteiger partial charge is 0.243 e. The summed E-state index contributed by atoms with van der Waals surface area (Å²) in [6.45, 7) is 2.45. The summed E-state index contributed by atoms with van der Waals surface area (Å²) >= 11 is 0. The third-order valence-electron chi connectivity index (χ3n) is 6.46. The second-order valence-electron chi connectivity index (χ2n) is 9.04. The number of fused-ring (bicyclic) bond motifs is 1. The number of hydrogen-bond acceptors (Lipinski definition) is 5. The standard InChI is InChI=1S/C26H35N5O4/c1-17(24(28)33)29-25(34)21(12-4-5-14-27)30-26(35)22-13-7-15-31(22)23(32)16-19-10-6-9-18-8-2-3-11-20(18)19/h2-3,6,8-11,17,21-22H,4-5,7,12-16,27H2,1H3,(H2,28,33)(H,29,34)(H,30,35)/t17?,21?,22-/m0/s1. The van der Waals surface area contributed by atoms with Crippen molar-refractivity contribution in [2.24, 2.45) is 11.5 Å². The third-order valence-corrected chi connectivity index (χ3v) is 6.46. The fourth-order valence-corrected chi connectivity index (χ4v) is 4.46. The first kappa shape index (κ1) is 26.2. The van der Waals surface area contributed by atoms with Crippen molar-refractivity contribution in [2.75, 3.05) is 13.1 Å². The lowest BCUT2D eigenvalue weighted by Gasteiger charge is -2.27. The van der Waals surface area contributed by atoms with Crippen LogP contribution < -0.4 is 22.1 Å². The molecule has 3 rings (SSSR count). The Bertz CT molecular complexity index is 1070. The molecular weight excluding hydrogens is 446 g/mol. The van der Waals surface area contributed by atoms with E-state index in [4.69, 9.17) is 11.5 Å². The number of benzene rings is 2. The zero-order chi connectivity index (χ0) is 25.4. The number of rotatable bonds is 11. The molecule has 1 aliphatic rings. The number of primary amides is 1. The highest BCUT2D eigenvalue weighted by molar-refractivity contribution is 5.95. The van der Waals surface area contributed by atoms with Gasteiger partial charge >= 0.3 is 0 Å². The highest BCUT2D eigenvalue weighted by Gasteiger charge is 2.36. The van der Waals surface area contributed by atoms with Gasteiger partial charge in [0.05, 0.1) is 6.42 Å². The van der Waals surface area contributed by atoms with Crippen LogP contribution in [0, 0.1) is 0 Å². The van der Waals surface area contributed by atoms with Crippen molar-refractivity contribution >= 4 is 34.4 Å². The molecular formula is C26H35N5O4. The Kier molecular flexibility index (Phi) is 9.19. The number of nitrogens with two attached hydrogens (primary N) is 2. The summed E-state index contributed by atoms with van der Waals surface area (Å²) in [5, 5.41) is 7.43. The number of nitrogens with one attached hydrogen (secondary N) is 2. The van der Waals surface area contributed by atoms with Gasteiger partial charge in [0.25, 0.3) is 0 Å². The molecule has 1 aliphatic heterocycles. The molecule has 0 aromatic heterocycles. The van der Waals surface area contributed by atoms with Crippen molar-refractivity contribution in [1.82, 2.24) is 15.5 Å². The van der Waals surface area contributed by atoms with E-state index < -0.39 is 29.9 Å². The molecule has 0 bridgehead atoms. The molecule has 9 nitrogen and oxygen atoms in total. The van der Waals surface area contributed by atoms with E-state index in [1.807, 2.05) is 42.5 Å². The summed E-state index contributed by atoms with van der Waals surface area (Å²) in [5.74, 6) is -1.63. The van der Waals surface area contributed by atoms with E-state index in [0.717, 1.165) is 16.3 Å². The molecule has 9 heteroatoms. The van der Waals surface area contributed by atoms with Crippen molar-refractivity contribution in [3.8, 4) is 0 Å². The van der Waals surface area contributed by atoms with E-state index in [0.29, 0.717) is 45.2 Å². The van der Waals surface area contributed by atoms with Gasteiger partial charge < -0.3 is 27.0 Å². The molecule has 4 amide bonds. The topological polar surface area (TPSA) is 148 Å². The van der Waals surface area contributed by atoms with Crippen LogP contribution in [0.25, 0.3) is 10.8 Å². The predicted molar refractivity (Wildman–Crippen MR) is 134 cm³/mol. The largest absolute Gasteiger partial charge is 0.368 e. The first-order valence-electron chi connectivity index (χ1n) is 12.2. The average molecular weight is 482 g/mol. The third kappa shape index (κ3) is 6.79. The Balaban J connectivity index is 1.69. The number of hydrogen-bond donors (Lipinski definition) is 4. The van der Waals surface area contributed by atoms with E-state index >= 15 is 0 Å². The average Bonchev–Trinajstić information content (AvgIpc) is 3.34. The predicted octanol–water partition coefficient (Wildman–Crippen LogP) is 0.977. The highest BCUT2D eigenvalue weighted by atomic mass is 16.2. The van der Waals surface area contributed by atoms with Gasteiger partial charge in [-0.1, -0.05) is 42.5 Å². The van der Waals surface area contributed by atoms with Crippen molar-refractivity contribution in [3.63, 3.8) is 0 Å². The van der Waals surface area contributed by atoms with E-state index in [-0.39, 0.29) is 18.2 Å². The van der Waals surface area contributed by atoms with Crippen molar-refractivity contribution in [3.05, 3.63) is 48.0 Å². The van der Waals surface area contributed by atoms with Crippen LogP contribution in [0.2, 0.25) is 0 Å². The number of likely N-dealkylation sites (tertiary alicyclic amines) is 1. The zero-order valence-corrected chi connectivity index (χ0v) is 20.2. The maximum atomic E-state index is 13.2. The number of nitrogens with zero attached hydrogens (tertiary/aromatic N) is 1. The molecule has 2 unspecified atom stereocenters. The Labute approximate surface area is 205 Å². The van der Waals surface area contributed by atoms with Crippen LogP contribution in [-0.2, 0) is 25.6 Å². The number of amides is 4. The quantitative estimate of drug-likeness (QED) is 0.353. The molecule has 0 spiro atoms. The first-order chi connectivity index (χ1) is 16.8. The summed E-state index contributed by atoms with van der Waals surface area (Å²) in [7, 11) is 0. The van der Waals surface area contributed by atoms with E-state index in [2.05, 4.69) is 10.6 Å². The minimum Gasteiger partial charge on any atom is -0.368 e. The fraction of sp³-hybridized carbons (Fsp3) is 0.462. The van der Waals surface area contributed by atoms with Gasteiger partial charge in [-0.05, 0) is 61.9 Å².